The lowest BCUT2D eigenvalue weighted by Crippen LogP contribution is -1.82. The van der Waals surface area contributed by atoms with Crippen molar-refractivity contribution in [2.45, 2.75) is 0 Å². The Kier molecular flexibility index (Phi) is 1.77. The second-order valence-electron chi connectivity index (χ2n) is 2.31. The zero-order valence-electron chi connectivity index (χ0n) is 6.37. The third kappa shape index (κ3) is 0.992. The molecule has 1 aromatic carbocycles. The first kappa shape index (κ1) is 7.61. The van der Waals surface area contributed by atoms with E-state index in [1.807, 2.05) is 18.2 Å². The van der Waals surface area contributed by atoms with Gasteiger partial charge in [-0.3, -0.25) is 0 Å². The van der Waals surface area contributed by atoms with E-state index in [0.717, 1.165) is 16.7 Å². The first-order chi connectivity index (χ1) is 5.83. The predicted octanol–water partition coefficient (Wildman–Crippen LogP) is 2.60. The number of ether oxygens (including phenoxy) is 1. The molecule has 1 aromatic heterocycles. The van der Waals surface area contributed by atoms with E-state index in [1.54, 1.807) is 7.11 Å². The highest BCUT2D eigenvalue weighted by Crippen LogP contribution is 2.29. The standard InChI is InChI=1S/C8H6BrNO2/c1-11-6-4-2-3-5-7(6)10-12-8(5)9/h2-4H,1H3. The zero-order valence-corrected chi connectivity index (χ0v) is 7.96. The van der Waals surface area contributed by atoms with Gasteiger partial charge in [0.25, 0.3) is 0 Å². The number of fused-ring (bicyclic) bond motifs is 1. The minimum Gasteiger partial charge on any atom is -0.494 e. The molecule has 3 nitrogen and oxygen atoms in total. The van der Waals surface area contributed by atoms with Gasteiger partial charge in [0.1, 0.15) is 5.75 Å². The average Bonchev–Trinajstić information content (AvgIpc) is 2.48. The Morgan fingerprint density at radius 1 is 1.50 bits per heavy atom. The molecule has 0 aliphatic carbocycles. The topological polar surface area (TPSA) is 35.3 Å². The number of hydrogen-bond acceptors (Lipinski definition) is 3. The molecule has 0 saturated carbocycles. The Balaban J connectivity index is 2.81. The molecule has 0 amide bonds. The maximum absolute atomic E-state index is 5.10. The second kappa shape index (κ2) is 2.79. The number of hydrogen-bond donors (Lipinski definition) is 0. The van der Waals surface area contributed by atoms with E-state index in [9.17, 15) is 0 Å². The normalized spacial score (nSPS) is 10.5. The van der Waals surface area contributed by atoms with Gasteiger partial charge in [0.05, 0.1) is 12.5 Å². The zero-order chi connectivity index (χ0) is 8.55. The number of halogens is 1. The minimum absolute atomic E-state index is 0.636. The molecular weight excluding hydrogens is 222 g/mol. The van der Waals surface area contributed by atoms with Gasteiger partial charge >= 0.3 is 0 Å². The number of nitrogens with zero attached hydrogens (tertiary/aromatic N) is 1. The molecule has 4 heteroatoms. The van der Waals surface area contributed by atoms with Gasteiger partial charge < -0.3 is 9.26 Å². The maximum Gasteiger partial charge on any atom is 0.209 e. The Bertz CT molecular complexity index is 410. The summed E-state index contributed by atoms with van der Waals surface area (Å²) in [5.74, 6) is 0.724. The van der Waals surface area contributed by atoms with Crippen molar-refractivity contribution in [1.29, 1.82) is 0 Å². The van der Waals surface area contributed by atoms with E-state index in [-0.39, 0.29) is 0 Å². The highest BCUT2D eigenvalue weighted by molar-refractivity contribution is 9.10. The third-order valence-electron chi connectivity index (χ3n) is 1.65. The molecule has 0 aliphatic heterocycles. The van der Waals surface area contributed by atoms with Crippen molar-refractivity contribution < 1.29 is 9.26 Å². The van der Waals surface area contributed by atoms with Crippen LogP contribution in [0.25, 0.3) is 10.9 Å². The quantitative estimate of drug-likeness (QED) is 0.752. The van der Waals surface area contributed by atoms with E-state index in [1.165, 1.54) is 0 Å². The molecule has 0 N–H and O–H groups in total. The summed E-state index contributed by atoms with van der Waals surface area (Å²) in [5.41, 5.74) is 0.742. The molecule has 0 unspecified atom stereocenters. The van der Waals surface area contributed by atoms with Crippen LogP contribution >= 0.6 is 15.9 Å². The fourth-order valence-electron chi connectivity index (χ4n) is 1.07. The second-order valence-corrected chi connectivity index (χ2v) is 3.03. The van der Waals surface area contributed by atoms with Crippen LogP contribution in [0.2, 0.25) is 0 Å². The summed E-state index contributed by atoms with van der Waals surface area (Å²) in [6.07, 6.45) is 0. The number of methoxy groups -OCH3 is 1. The largest absolute Gasteiger partial charge is 0.494 e. The van der Waals surface area contributed by atoms with Crippen LogP contribution in [0.4, 0.5) is 0 Å². The molecule has 62 valence electrons. The van der Waals surface area contributed by atoms with Crippen molar-refractivity contribution >= 4 is 26.8 Å². The van der Waals surface area contributed by atoms with Crippen LogP contribution in [-0.2, 0) is 0 Å². The van der Waals surface area contributed by atoms with E-state index in [4.69, 9.17) is 9.26 Å². The molecule has 12 heavy (non-hydrogen) atoms. The molecule has 2 aromatic rings. The molecule has 0 fully saturated rings. The van der Waals surface area contributed by atoms with Gasteiger partial charge in [0, 0.05) is 0 Å². The van der Waals surface area contributed by atoms with E-state index in [0.29, 0.717) is 4.67 Å². The van der Waals surface area contributed by atoms with Crippen molar-refractivity contribution in [2.75, 3.05) is 7.11 Å². The molecule has 0 aliphatic rings. The van der Waals surface area contributed by atoms with E-state index in [2.05, 4.69) is 21.1 Å². The molecular formula is C8H6BrNO2. The average molecular weight is 228 g/mol. The van der Waals surface area contributed by atoms with E-state index < -0.39 is 0 Å². The SMILES string of the molecule is COc1cccc2c(Br)onc12. The first-order valence-electron chi connectivity index (χ1n) is 3.41. The molecule has 0 radical (unpaired) electrons. The fourth-order valence-corrected chi connectivity index (χ4v) is 1.47. The monoisotopic (exact) mass is 227 g/mol. The van der Waals surface area contributed by atoms with Gasteiger partial charge in [-0.1, -0.05) is 11.2 Å². The number of rotatable bonds is 1. The van der Waals surface area contributed by atoms with Crippen molar-refractivity contribution in [3.63, 3.8) is 0 Å². The summed E-state index contributed by atoms with van der Waals surface area (Å²) in [5, 5.41) is 4.77. The van der Waals surface area contributed by atoms with Crippen LogP contribution in [0.3, 0.4) is 0 Å². The summed E-state index contributed by atoms with van der Waals surface area (Å²) >= 11 is 3.25. The van der Waals surface area contributed by atoms with Crippen molar-refractivity contribution in [1.82, 2.24) is 5.16 Å². The van der Waals surface area contributed by atoms with Crippen LogP contribution < -0.4 is 4.74 Å². The van der Waals surface area contributed by atoms with Gasteiger partial charge in [0.15, 0.2) is 5.52 Å². The van der Waals surface area contributed by atoms with Crippen molar-refractivity contribution in [2.24, 2.45) is 0 Å². The molecule has 0 bridgehead atoms. The first-order valence-corrected chi connectivity index (χ1v) is 4.20. The van der Waals surface area contributed by atoms with E-state index >= 15 is 0 Å². The fraction of sp³-hybridized carbons (Fsp3) is 0.125. The highest BCUT2D eigenvalue weighted by atomic mass is 79.9. The maximum atomic E-state index is 5.10. The summed E-state index contributed by atoms with van der Waals surface area (Å²) in [6, 6.07) is 5.65. The Labute approximate surface area is 77.4 Å². The smallest absolute Gasteiger partial charge is 0.209 e. The number of benzene rings is 1. The summed E-state index contributed by atoms with van der Waals surface area (Å²) in [7, 11) is 1.61. The predicted molar refractivity (Wildman–Crippen MR) is 48.3 cm³/mol. The molecule has 0 saturated heterocycles. The summed E-state index contributed by atoms with van der Waals surface area (Å²) in [4.78, 5) is 0. The lowest BCUT2D eigenvalue weighted by molar-refractivity contribution is 0.395. The van der Waals surface area contributed by atoms with Crippen LogP contribution in [0, 0.1) is 0 Å². The Morgan fingerprint density at radius 2 is 2.33 bits per heavy atom. The van der Waals surface area contributed by atoms with Crippen LogP contribution in [0.15, 0.2) is 27.4 Å². The van der Waals surface area contributed by atoms with Gasteiger partial charge in [-0.25, -0.2) is 0 Å². The minimum atomic E-state index is 0.636. The summed E-state index contributed by atoms with van der Waals surface area (Å²) < 4.78 is 10.7. The molecule has 1 heterocycles. The van der Waals surface area contributed by atoms with Crippen molar-refractivity contribution in [3.05, 3.63) is 22.9 Å². The van der Waals surface area contributed by atoms with Gasteiger partial charge in [-0.05, 0) is 28.1 Å². The van der Waals surface area contributed by atoms with Crippen LogP contribution in [-0.4, -0.2) is 12.3 Å². The van der Waals surface area contributed by atoms with Gasteiger partial charge in [-0.15, -0.1) is 0 Å². The highest BCUT2D eigenvalue weighted by Gasteiger charge is 2.08. The summed E-state index contributed by atoms with van der Waals surface area (Å²) in [6.45, 7) is 0. The van der Waals surface area contributed by atoms with Crippen LogP contribution in [0.1, 0.15) is 0 Å². The van der Waals surface area contributed by atoms with Crippen LogP contribution in [0.5, 0.6) is 5.75 Å². The van der Waals surface area contributed by atoms with Crippen molar-refractivity contribution in [3.8, 4) is 5.75 Å². The third-order valence-corrected chi connectivity index (χ3v) is 2.22. The Hall–Kier alpha value is -1.03. The lowest BCUT2D eigenvalue weighted by Gasteiger charge is -1.96. The van der Waals surface area contributed by atoms with Gasteiger partial charge in [-0.2, -0.15) is 0 Å². The lowest BCUT2D eigenvalue weighted by atomic mass is 10.2. The molecule has 0 atom stereocenters. The number of aromatic nitrogens is 1. The van der Waals surface area contributed by atoms with Gasteiger partial charge in [0.2, 0.25) is 4.67 Å². The molecule has 2 rings (SSSR count). The molecule has 0 spiro atoms. The Morgan fingerprint density at radius 3 is 3.08 bits per heavy atom.